The van der Waals surface area contributed by atoms with Crippen LogP contribution in [0.1, 0.15) is 22.7 Å². The van der Waals surface area contributed by atoms with E-state index in [0.29, 0.717) is 12.2 Å². The van der Waals surface area contributed by atoms with E-state index in [1.807, 2.05) is 12.1 Å². The van der Waals surface area contributed by atoms with Gasteiger partial charge in [-0.3, -0.25) is 0 Å². The summed E-state index contributed by atoms with van der Waals surface area (Å²) in [5.74, 6) is -0.855. The van der Waals surface area contributed by atoms with Gasteiger partial charge in [0.25, 0.3) is 0 Å². The fourth-order valence-electron chi connectivity index (χ4n) is 2.71. The SMILES string of the molecule is CNC(c1ccc(F)c(F)c1)c1cc(Br)cc2c1OCC2. The Morgan fingerprint density at radius 2 is 2.00 bits per heavy atom. The van der Waals surface area contributed by atoms with Crippen molar-refractivity contribution in [3.8, 4) is 5.75 Å². The number of benzene rings is 2. The van der Waals surface area contributed by atoms with Crippen LogP contribution in [0.15, 0.2) is 34.8 Å². The van der Waals surface area contributed by atoms with Crippen molar-refractivity contribution >= 4 is 15.9 Å². The fraction of sp³-hybridized carbons (Fsp3) is 0.250. The Balaban J connectivity index is 2.10. The maximum Gasteiger partial charge on any atom is 0.159 e. The van der Waals surface area contributed by atoms with Gasteiger partial charge in [0.2, 0.25) is 0 Å². The van der Waals surface area contributed by atoms with Gasteiger partial charge in [-0.05, 0) is 42.4 Å². The number of fused-ring (bicyclic) bond motifs is 1. The van der Waals surface area contributed by atoms with Crippen molar-refractivity contribution in [2.45, 2.75) is 12.5 Å². The third kappa shape index (κ3) is 2.68. The molecule has 0 fully saturated rings. The second kappa shape index (κ2) is 5.73. The van der Waals surface area contributed by atoms with Gasteiger partial charge in [0.1, 0.15) is 5.75 Å². The molecule has 0 spiro atoms. The second-order valence-electron chi connectivity index (χ2n) is 4.98. The summed E-state index contributed by atoms with van der Waals surface area (Å²) in [4.78, 5) is 0. The van der Waals surface area contributed by atoms with E-state index >= 15 is 0 Å². The normalized spacial score (nSPS) is 14.7. The summed E-state index contributed by atoms with van der Waals surface area (Å²) < 4.78 is 33.3. The van der Waals surface area contributed by atoms with Gasteiger partial charge < -0.3 is 10.1 Å². The topological polar surface area (TPSA) is 21.3 Å². The van der Waals surface area contributed by atoms with Crippen LogP contribution in [-0.2, 0) is 6.42 Å². The fourth-order valence-corrected chi connectivity index (χ4v) is 3.23. The van der Waals surface area contributed by atoms with Crippen LogP contribution in [-0.4, -0.2) is 13.7 Å². The van der Waals surface area contributed by atoms with Crippen LogP contribution in [0.25, 0.3) is 0 Å². The molecule has 0 aliphatic carbocycles. The van der Waals surface area contributed by atoms with Crippen molar-refractivity contribution in [2.75, 3.05) is 13.7 Å². The first-order valence-electron chi connectivity index (χ1n) is 6.67. The summed E-state index contributed by atoms with van der Waals surface area (Å²) in [6, 6.07) is 7.68. The standard InChI is InChI=1S/C16H14BrF2NO/c1-20-15(9-2-3-13(18)14(19)7-9)12-8-11(17)6-10-4-5-21-16(10)12/h2-3,6-8,15,20H,4-5H2,1H3. The number of rotatable bonds is 3. The lowest BCUT2D eigenvalue weighted by molar-refractivity contribution is 0.351. The maximum absolute atomic E-state index is 13.5. The molecule has 3 rings (SSSR count). The van der Waals surface area contributed by atoms with Gasteiger partial charge >= 0.3 is 0 Å². The quantitative estimate of drug-likeness (QED) is 0.901. The molecule has 0 aromatic heterocycles. The smallest absolute Gasteiger partial charge is 0.159 e. The molecule has 0 radical (unpaired) electrons. The molecule has 0 amide bonds. The van der Waals surface area contributed by atoms with E-state index in [-0.39, 0.29) is 6.04 Å². The van der Waals surface area contributed by atoms with Gasteiger partial charge in [-0.25, -0.2) is 8.78 Å². The molecule has 110 valence electrons. The predicted octanol–water partition coefficient (Wildman–Crippen LogP) is 3.97. The Morgan fingerprint density at radius 3 is 2.71 bits per heavy atom. The first kappa shape index (κ1) is 14.5. The number of hydrogen-bond donors (Lipinski definition) is 1. The summed E-state index contributed by atoms with van der Waals surface area (Å²) in [5.41, 5.74) is 2.71. The highest BCUT2D eigenvalue weighted by Crippen LogP contribution is 2.38. The highest BCUT2D eigenvalue weighted by atomic mass is 79.9. The molecule has 5 heteroatoms. The van der Waals surface area contributed by atoms with Crippen molar-refractivity contribution in [1.29, 1.82) is 0 Å². The average molecular weight is 354 g/mol. The minimum Gasteiger partial charge on any atom is -0.493 e. The monoisotopic (exact) mass is 353 g/mol. The zero-order chi connectivity index (χ0) is 15.0. The third-order valence-corrected chi connectivity index (χ3v) is 4.11. The van der Waals surface area contributed by atoms with E-state index in [9.17, 15) is 8.78 Å². The van der Waals surface area contributed by atoms with Crippen LogP contribution in [0.4, 0.5) is 8.78 Å². The van der Waals surface area contributed by atoms with Crippen molar-refractivity contribution in [3.05, 3.63) is 63.1 Å². The summed E-state index contributed by atoms with van der Waals surface area (Å²) in [6.45, 7) is 0.646. The summed E-state index contributed by atoms with van der Waals surface area (Å²) in [5, 5.41) is 3.15. The lowest BCUT2D eigenvalue weighted by Gasteiger charge is -2.20. The van der Waals surface area contributed by atoms with Crippen molar-refractivity contribution < 1.29 is 13.5 Å². The van der Waals surface area contributed by atoms with Gasteiger partial charge in [0.05, 0.1) is 12.6 Å². The number of hydrogen-bond acceptors (Lipinski definition) is 2. The van der Waals surface area contributed by atoms with E-state index in [4.69, 9.17) is 4.74 Å². The van der Waals surface area contributed by atoms with Crippen molar-refractivity contribution in [3.63, 3.8) is 0 Å². The lowest BCUT2D eigenvalue weighted by atomic mass is 9.96. The Labute approximate surface area is 130 Å². The van der Waals surface area contributed by atoms with Crippen LogP contribution < -0.4 is 10.1 Å². The zero-order valence-corrected chi connectivity index (χ0v) is 13.0. The number of ether oxygens (including phenoxy) is 1. The molecule has 1 unspecified atom stereocenters. The Bertz CT molecular complexity index is 690. The second-order valence-corrected chi connectivity index (χ2v) is 5.89. The predicted molar refractivity (Wildman–Crippen MR) is 80.6 cm³/mol. The van der Waals surface area contributed by atoms with Crippen LogP contribution in [0, 0.1) is 11.6 Å². The number of halogens is 3. The van der Waals surface area contributed by atoms with Gasteiger partial charge in [-0.15, -0.1) is 0 Å². The number of nitrogens with one attached hydrogen (secondary N) is 1. The molecule has 1 N–H and O–H groups in total. The minimum atomic E-state index is -0.847. The summed E-state index contributed by atoms with van der Waals surface area (Å²) in [6.07, 6.45) is 0.857. The van der Waals surface area contributed by atoms with Gasteiger partial charge in [-0.2, -0.15) is 0 Å². The van der Waals surface area contributed by atoms with Crippen molar-refractivity contribution in [1.82, 2.24) is 5.32 Å². The van der Waals surface area contributed by atoms with E-state index in [1.54, 1.807) is 13.1 Å². The molecule has 1 heterocycles. The highest BCUT2D eigenvalue weighted by Gasteiger charge is 2.24. The molecule has 21 heavy (non-hydrogen) atoms. The molecule has 1 aliphatic heterocycles. The molecular formula is C16H14BrF2NO. The summed E-state index contributed by atoms with van der Waals surface area (Å²) in [7, 11) is 1.79. The molecule has 2 aromatic carbocycles. The molecule has 2 nitrogen and oxygen atoms in total. The average Bonchev–Trinajstić information content (AvgIpc) is 2.91. The molecular weight excluding hydrogens is 340 g/mol. The largest absolute Gasteiger partial charge is 0.493 e. The highest BCUT2D eigenvalue weighted by molar-refractivity contribution is 9.10. The van der Waals surface area contributed by atoms with Gasteiger partial charge in [0.15, 0.2) is 11.6 Å². The van der Waals surface area contributed by atoms with E-state index in [1.165, 1.54) is 6.07 Å². The Hall–Kier alpha value is -1.46. The van der Waals surface area contributed by atoms with E-state index in [2.05, 4.69) is 21.2 Å². The van der Waals surface area contributed by atoms with Crippen molar-refractivity contribution in [2.24, 2.45) is 0 Å². The molecule has 0 bridgehead atoms. The Morgan fingerprint density at radius 1 is 1.19 bits per heavy atom. The first-order chi connectivity index (χ1) is 10.1. The molecule has 1 aliphatic rings. The van der Waals surface area contributed by atoms with Crippen LogP contribution in [0.2, 0.25) is 0 Å². The van der Waals surface area contributed by atoms with Crippen LogP contribution >= 0.6 is 15.9 Å². The van der Waals surface area contributed by atoms with E-state index < -0.39 is 11.6 Å². The molecule has 2 aromatic rings. The van der Waals surface area contributed by atoms with Gasteiger partial charge in [-0.1, -0.05) is 22.0 Å². The Kier molecular flexibility index (Phi) is 3.95. The first-order valence-corrected chi connectivity index (χ1v) is 7.47. The summed E-state index contributed by atoms with van der Waals surface area (Å²) >= 11 is 3.49. The minimum absolute atomic E-state index is 0.260. The zero-order valence-electron chi connectivity index (χ0n) is 11.4. The molecule has 0 saturated heterocycles. The maximum atomic E-state index is 13.5. The van der Waals surface area contributed by atoms with Gasteiger partial charge in [0, 0.05) is 16.5 Å². The van der Waals surface area contributed by atoms with E-state index in [0.717, 1.165) is 33.8 Å². The molecule has 1 atom stereocenters. The molecule has 0 saturated carbocycles. The lowest BCUT2D eigenvalue weighted by Crippen LogP contribution is -2.18. The van der Waals surface area contributed by atoms with Crippen LogP contribution in [0.5, 0.6) is 5.75 Å². The third-order valence-electron chi connectivity index (χ3n) is 3.65. The van der Waals surface area contributed by atoms with Crippen LogP contribution in [0.3, 0.4) is 0 Å².